The first-order chi connectivity index (χ1) is 21.5. The van der Waals surface area contributed by atoms with Crippen LogP contribution in [0.1, 0.15) is 76.9 Å². The molecular weight excluding hydrogens is 568 g/mol. The molecule has 10 nitrogen and oxygen atoms in total. The SMILES string of the molecule is Cc1ccc(C(=O)N2CCC(c3ccc(C#N)cc3)CC2)cc1NC(=O)c1ccc(N2CCN(C(=O)OC(C)(C)C)CC2)nc1. The third-order valence-electron chi connectivity index (χ3n) is 8.29. The Kier molecular flexibility index (Phi) is 9.37. The van der Waals surface area contributed by atoms with Crippen molar-refractivity contribution in [2.24, 2.45) is 0 Å². The number of pyridine rings is 1. The number of carbonyl (C=O) groups is 3. The number of amides is 3. The summed E-state index contributed by atoms with van der Waals surface area (Å²) in [5, 5.41) is 12.0. The van der Waals surface area contributed by atoms with Crippen molar-refractivity contribution in [3.8, 4) is 6.07 Å². The lowest BCUT2D eigenvalue weighted by atomic mass is 9.89. The average molecular weight is 609 g/mol. The van der Waals surface area contributed by atoms with Crippen molar-refractivity contribution in [2.75, 3.05) is 49.5 Å². The second kappa shape index (κ2) is 13.4. The number of rotatable bonds is 5. The third-order valence-corrected chi connectivity index (χ3v) is 8.29. The number of aryl methyl sites for hydroxylation is 1. The number of benzene rings is 2. The Labute approximate surface area is 264 Å². The zero-order chi connectivity index (χ0) is 32.1. The highest BCUT2D eigenvalue weighted by atomic mass is 16.6. The van der Waals surface area contributed by atoms with E-state index in [1.165, 1.54) is 5.56 Å². The molecule has 2 aliphatic rings. The zero-order valence-corrected chi connectivity index (χ0v) is 26.4. The number of anilines is 2. The lowest BCUT2D eigenvalue weighted by Crippen LogP contribution is -2.50. The molecule has 0 saturated carbocycles. The van der Waals surface area contributed by atoms with Crippen molar-refractivity contribution in [2.45, 2.75) is 52.1 Å². The van der Waals surface area contributed by atoms with Gasteiger partial charge in [0.05, 0.1) is 17.2 Å². The van der Waals surface area contributed by atoms with Gasteiger partial charge in [-0.05, 0) is 94.0 Å². The lowest BCUT2D eigenvalue weighted by molar-refractivity contribution is 0.0240. The number of aromatic nitrogens is 1. The Morgan fingerprint density at radius 3 is 2.16 bits per heavy atom. The van der Waals surface area contributed by atoms with E-state index in [1.54, 1.807) is 29.3 Å². The summed E-state index contributed by atoms with van der Waals surface area (Å²) in [6, 6.07) is 18.8. The number of piperazine rings is 1. The second-order valence-electron chi connectivity index (χ2n) is 12.6. The molecular formula is C35H40N6O4. The van der Waals surface area contributed by atoms with Crippen LogP contribution >= 0.6 is 0 Å². The summed E-state index contributed by atoms with van der Waals surface area (Å²) in [7, 11) is 0. The van der Waals surface area contributed by atoms with E-state index in [1.807, 2.05) is 69.0 Å². The Bertz CT molecular complexity index is 1570. The standard InChI is InChI=1S/C35H40N6O4/c1-24-5-8-28(33(43)40-15-13-27(14-16-40)26-9-6-25(22-36)7-10-26)21-30(24)38-32(42)29-11-12-31(37-23-29)39-17-19-41(20-18-39)34(44)45-35(2,3)4/h5-12,21,23,27H,13-20H2,1-4H3,(H,38,42). The predicted molar refractivity (Wildman–Crippen MR) is 172 cm³/mol. The molecule has 0 bridgehead atoms. The molecule has 3 aromatic rings. The van der Waals surface area contributed by atoms with Crippen LogP contribution in [0.25, 0.3) is 0 Å². The first-order valence-electron chi connectivity index (χ1n) is 15.4. The van der Waals surface area contributed by atoms with Crippen molar-refractivity contribution < 1.29 is 19.1 Å². The number of carbonyl (C=O) groups excluding carboxylic acids is 3. The minimum atomic E-state index is -0.534. The van der Waals surface area contributed by atoms with Crippen molar-refractivity contribution in [3.63, 3.8) is 0 Å². The molecule has 0 aliphatic carbocycles. The van der Waals surface area contributed by atoms with Crippen LogP contribution in [0.15, 0.2) is 60.8 Å². The molecule has 45 heavy (non-hydrogen) atoms. The van der Waals surface area contributed by atoms with Crippen LogP contribution in [-0.2, 0) is 4.74 Å². The monoisotopic (exact) mass is 608 g/mol. The Hall–Kier alpha value is -4.91. The number of hydrogen-bond acceptors (Lipinski definition) is 7. The quantitative estimate of drug-likeness (QED) is 0.401. The average Bonchev–Trinajstić information content (AvgIpc) is 3.05. The summed E-state index contributed by atoms with van der Waals surface area (Å²) >= 11 is 0. The van der Waals surface area contributed by atoms with Crippen molar-refractivity contribution in [1.82, 2.24) is 14.8 Å². The molecule has 0 atom stereocenters. The van der Waals surface area contributed by atoms with Gasteiger partial charge in [0, 0.05) is 56.7 Å². The molecule has 0 spiro atoms. The Morgan fingerprint density at radius 1 is 0.889 bits per heavy atom. The number of nitrogens with one attached hydrogen (secondary N) is 1. The van der Waals surface area contributed by atoms with E-state index < -0.39 is 5.60 Å². The van der Waals surface area contributed by atoms with Crippen LogP contribution in [-0.4, -0.2) is 77.6 Å². The summed E-state index contributed by atoms with van der Waals surface area (Å²) in [6.07, 6.45) is 2.95. The van der Waals surface area contributed by atoms with Gasteiger partial charge in [-0.2, -0.15) is 5.26 Å². The van der Waals surface area contributed by atoms with Gasteiger partial charge in [0.1, 0.15) is 11.4 Å². The highest BCUT2D eigenvalue weighted by Gasteiger charge is 2.27. The molecule has 2 aliphatic heterocycles. The maximum atomic E-state index is 13.4. The summed E-state index contributed by atoms with van der Waals surface area (Å²) in [6.45, 7) is 11.0. The number of likely N-dealkylation sites (tertiary alicyclic amines) is 1. The van der Waals surface area contributed by atoms with Crippen LogP contribution in [0.3, 0.4) is 0 Å². The summed E-state index contributed by atoms with van der Waals surface area (Å²) in [5.74, 6) is 0.736. The summed E-state index contributed by atoms with van der Waals surface area (Å²) in [5.41, 5.74) is 3.69. The van der Waals surface area contributed by atoms with Crippen LogP contribution in [0, 0.1) is 18.3 Å². The fourth-order valence-corrected chi connectivity index (χ4v) is 5.66. The van der Waals surface area contributed by atoms with E-state index in [4.69, 9.17) is 10.00 Å². The molecule has 3 heterocycles. The number of piperidine rings is 1. The highest BCUT2D eigenvalue weighted by molar-refractivity contribution is 6.05. The van der Waals surface area contributed by atoms with Crippen LogP contribution in [0.4, 0.5) is 16.3 Å². The molecule has 234 valence electrons. The molecule has 0 radical (unpaired) electrons. The lowest BCUT2D eigenvalue weighted by Gasteiger charge is -2.36. The van der Waals surface area contributed by atoms with E-state index in [9.17, 15) is 14.4 Å². The first-order valence-corrected chi connectivity index (χ1v) is 15.4. The van der Waals surface area contributed by atoms with Gasteiger partial charge < -0.3 is 24.8 Å². The topological polar surface area (TPSA) is 119 Å². The Balaban J connectivity index is 1.15. The minimum absolute atomic E-state index is 0.0541. The number of nitrogens with zero attached hydrogens (tertiary/aromatic N) is 5. The normalized spacial score (nSPS) is 15.8. The van der Waals surface area contributed by atoms with E-state index in [0.29, 0.717) is 67.6 Å². The van der Waals surface area contributed by atoms with E-state index in [-0.39, 0.29) is 17.9 Å². The fraction of sp³-hybridized carbons (Fsp3) is 0.400. The highest BCUT2D eigenvalue weighted by Crippen LogP contribution is 2.29. The molecule has 1 N–H and O–H groups in total. The molecule has 2 saturated heterocycles. The molecule has 0 unspecified atom stereocenters. The predicted octanol–water partition coefficient (Wildman–Crippen LogP) is 5.59. The maximum absolute atomic E-state index is 13.4. The Morgan fingerprint density at radius 2 is 1.56 bits per heavy atom. The van der Waals surface area contributed by atoms with Crippen molar-refractivity contribution in [3.05, 3.63) is 88.6 Å². The van der Waals surface area contributed by atoms with E-state index in [0.717, 1.165) is 24.2 Å². The minimum Gasteiger partial charge on any atom is -0.444 e. The smallest absolute Gasteiger partial charge is 0.410 e. The molecule has 1 aromatic heterocycles. The van der Waals surface area contributed by atoms with Gasteiger partial charge in [-0.1, -0.05) is 18.2 Å². The maximum Gasteiger partial charge on any atom is 0.410 e. The van der Waals surface area contributed by atoms with Gasteiger partial charge in [-0.25, -0.2) is 9.78 Å². The van der Waals surface area contributed by atoms with Crippen LogP contribution in [0.2, 0.25) is 0 Å². The fourth-order valence-electron chi connectivity index (χ4n) is 5.66. The second-order valence-corrected chi connectivity index (χ2v) is 12.6. The molecule has 2 fully saturated rings. The largest absolute Gasteiger partial charge is 0.444 e. The summed E-state index contributed by atoms with van der Waals surface area (Å²) < 4.78 is 5.47. The van der Waals surface area contributed by atoms with Gasteiger partial charge in [0.25, 0.3) is 11.8 Å². The number of nitriles is 1. The number of hydrogen-bond donors (Lipinski definition) is 1. The van der Waals surface area contributed by atoms with Gasteiger partial charge in [-0.15, -0.1) is 0 Å². The molecule has 5 rings (SSSR count). The van der Waals surface area contributed by atoms with Gasteiger partial charge in [0.2, 0.25) is 0 Å². The van der Waals surface area contributed by atoms with Crippen LogP contribution in [0.5, 0.6) is 0 Å². The van der Waals surface area contributed by atoms with Crippen LogP contribution < -0.4 is 10.2 Å². The summed E-state index contributed by atoms with van der Waals surface area (Å²) in [4.78, 5) is 49.1. The van der Waals surface area contributed by atoms with Gasteiger partial charge in [0.15, 0.2) is 0 Å². The van der Waals surface area contributed by atoms with E-state index in [2.05, 4.69) is 21.3 Å². The number of ether oxygens (including phenoxy) is 1. The van der Waals surface area contributed by atoms with Gasteiger partial charge in [-0.3, -0.25) is 9.59 Å². The van der Waals surface area contributed by atoms with E-state index >= 15 is 0 Å². The molecule has 10 heteroatoms. The van der Waals surface area contributed by atoms with Crippen molar-refractivity contribution in [1.29, 1.82) is 5.26 Å². The van der Waals surface area contributed by atoms with Crippen molar-refractivity contribution >= 4 is 29.4 Å². The first kappa shape index (κ1) is 31.5. The zero-order valence-electron chi connectivity index (χ0n) is 26.4. The third kappa shape index (κ3) is 7.79. The molecule has 3 amide bonds. The molecule has 2 aromatic carbocycles. The van der Waals surface area contributed by atoms with Gasteiger partial charge >= 0.3 is 6.09 Å².